The van der Waals surface area contributed by atoms with Crippen LogP contribution in [-0.4, -0.2) is 4.63 Å². The molecule has 0 bridgehead atoms. The Bertz CT molecular complexity index is 29.0. The van der Waals surface area contributed by atoms with Gasteiger partial charge in [-0.15, -0.1) is 0 Å². The van der Waals surface area contributed by atoms with Gasteiger partial charge in [0.15, 0.2) is 4.63 Å². The van der Waals surface area contributed by atoms with Crippen LogP contribution < -0.4 is 0 Å². The molecule has 0 radical (unpaired) electrons. The highest BCUT2D eigenvalue weighted by molar-refractivity contribution is 6.94. The summed E-state index contributed by atoms with van der Waals surface area (Å²) in [7, 11) is 0. The van der Waals surface area contributed by atoms with Gasteiger partial charge in [0.2, 0.25) is 0 Å². The van der Waals surface area contributed by atoms with Crippen molar-refractivity contribution in [3.05, 3.63) is 0 Å². The predicted molar refractivity (Wildman–Crippen MR) is 19.4 cm³/mol. The normalized spacial score (nSPS) is 6.50. The summed E-state index contributed by atoms with van der Waals surface area (Å²) in [6.07, 6.45) is 0. The van der Waals surface area contributed by atoms with Crippen LogP contribution in [0.3, 0.4) is 0 Å². The first-order valence-corrected chi connectivity index (χ1v) is 1.38. The van der Waals surface area contributed by atoms with Gasteiger partial charge in [0.05, 0.1) is 0 Å². The predicted octanol–water partition coefficient (Wildman–Crippen LogP) is 1.40. The van der Waals surface area contributed by atoms with Crippen LogP contribution in [0.25, 0.3) is 0 Å². The van der Waals surface area contributed by atoms with Gasteiger partial charge in [-0.05, 0) is 23.2 Å². The van der Waals surface area contributed by atoms with Crippen LogP contribution in [0.5, 0.6) is 0 Å². The van der Waals surface area contributed by atoms with Crippen molar-refractivity contribution >= 4 is 27.8 Å². The number of nitrogens with one attached hydrogen (secondary N) is 1. The summed E-state index contributed by atoms with van der Waals surface area (Å²) in [4.78, 5) is 0. The molecule has 24 valence electrons. The molecule has 0 saturated heterocycles. The molecule has 0 unspecified atom stereocenters. The van der Waals surface area contributed by atoms with E-state index in [1.165, 1.54) is 0 Å². The first-order valence-electron chi connectivity index (χ1n) is 0.628. The molecule has 0 rings (SSSR count). The summed E-state index contributed by atoms with van der Waals surface area (Å²) in [5.41, 5.74) is 0. The Labute approximate surface area is 34.0 Å². The molecule has 0 spiro atoms. The zero-order valence-electron chi connectivity index (χ0n) is 1.76. The summed E-state index contributed by atoms with van der Waals surface area (Å²) in [6, 6.07) is 0. The van der Waals surface area contributed by atoms with Gasteiger partial charge in [0, 0.05) is 0 Å². The van der Waals surface area contributed by atoms with Crippen molar-refractivity contribution in [1.29, 1.82) is 5.41 Å². The number of hydrogen-bond donors (Lipinski definition) is 1. The minimum Gasteiger partial charge on any atom is -0.279 e. The first kappa shape index (κ1) is 4.25. The molecule has 0 aliphatic rings. The molecule has 0 amide bonds. The molecule has 0 aromatic rings. The van der Waals surface area contributed by atoms with E-state index in [0.717, 1.165) is 0 Å². The Morgan fingerprint density at radius 3 is 1.50 bits per heavy atom. The highest BCUT2D eigenvalue weighted by Crippen LogP contribution is 1.81. The Morgan fingerprint density at radius 1 is 1.50 bits per heavy atom. The average Bonchev–Trinajstić information content (AvgIpc) is 0.811. The fourth-order valence-electron chi connectivity index (χ4n) is 0. The smallest absolute Gasteiger partial charge is 0.189 e. The van der Waals surface area contributed by atoms with E-state index >= 15 is 0 Å². The van der Waals surface area contributed by atoms with E-state index in [-0.39, 0.29) is 4.63 Å². The van der Waals surface area contributed by atoms with Gasteiger partial charge in [0.25, 0.3) is 0 Å². The summed E-state index contributed by atoms with van der Waals surface area (Å²) in [5.74, 6) is 0. The summed E-state index contributed by atoms with van der Waals surface area (Å²) in [5, 5.41) is 6.03. The van der Waals surface area contributed by atoms with E-state index in [1.807, 2.05) is 0 Å². The quantitative estimate of drug-likeness (QED) is 0.442. The van der Waals surface area contributed by atoms with Gasteiger partial charge in [-0.3, -0.25) is 5.41 Å². The lowest BCUT2D eigenvalue weighted by Crippen LogP contribution is -1.50. The fourth-order valence-corrected chi connectivity index (χ4v) is 0. The maximum atomic E-state index is 6.03. The Hall–Kier alpha value is 0.250. The van der Waals surface area contributed by atoms with Crippen molar-refractivity contribution in [3.63, 3.8) is 0 Å². The third-order valence-electron chi connectivity index (χ3n) is 0. The average molecular weight is 97.9 g/mol. The minimum atomic E-state index is -0.389. The number of hydrogen-bond acceptors (Lipinski definition) is 1. The summed E-state index contributed by atoms with van der Waals surface area (Å²) in [6.45, 7) is 0. The zero-order chi connectivity index (χ0) is 3.58. The highest BCUT2D eigenvalue weighted by Gasteiger charge is 1.64. The van der Waals surface area contributed by atoms with Crippen LogP contribution in [-0.2, 0) is 0 Å². The maximum absolute atomic E-state index is 6.03. The van der Waals surface area contributed by atoms with Crippen LogP contribution in [0.2, 0.25) is 0 Å². The van der Waals surface area contributed by atoms with Gasteiger partial charge in [-0.25, -0.2) is 0 Å². The van der Waals surface area contributed by atoms with Gasteiger partial charge in [-0.1, -0.05) is 0 Å². The van der Waals surface area contributed by atoms with Crippen molar-refractivity contribution in [2.45, 2.75) is 0 Å². The fraction of sp³-hybridized carbons (Fsp3) is 0. The monoisotopic (exact) mass is 96.9 g/mol. The molecule has 0 heterocycles. The zero-order valence-corrected chi connectivity index (χ0v) is 3.27. The molecule has 0 fully saturated rings. The molecular weight excluding hydrogens is 96.9 g/mol. The van der Waals surface area contributed by atoms with Crippen LogP contribution in [0.4, 0.5) is 0 Å². The van der Waals surface area contributed by atoms with Crippen molar-refractivity contribution in [2.75, 3.05) is 0 Å². The third-order valence-corrected chi connectivity index (χ3v) is 0. The lowest BCUT2D eigenvalue weighted by atomic mass is 11.7. The second-order valence-electron chi connectivity index (χ2n) is 0.260. The summed E-state index contributed by atoms with van der Waals surface area (Å²) >= 11 is 9.25. The lowest BCUT2D eigenvalue weighted by Gasteiger charge is -1.54. The Balaban J connectivity index is 2.80. The Kier molecular flexibility index (Phi) is 1.66. The molecular formula is CHCl2N. The topological polar surface area (TPSA) is 23.9 Å². The van der Waals surface area contributed by atoms with Crippen molar-refractivity contribution < 1.29 is 0 Å². The molecule has 0 aromatic carbocycles. The molecule has 0 atom stereocenters. The highest BCUT2D eigenvalue weighted by atomic mass is 35.5. The van der Waals surface area contributed by atoms with Crippen LogP contribution in [0, 0.1) is 5.41 Å². The minimum absolute atomic E-state index is 0.389. The van der Waals surface area contributed by atoms with Crippen molar-refractivity contribution in [2.24, 2.45) is 0 Å². The lowest BCUT2D eigenvalue weighted by molar-refractivity contribution is 1.59. The molecule has 3 heteroatoms. The van der Waals surface area contributed by atoms with E-state index in [2.05, 4.69) is 23.2 Å². The molecule has 1 nitrogen and oxygen atoms in total. The van der Waals surface area contributed by atoms with Gasteiger partial charge < -0.3 is 0 Å². The maximum Gasteiger partial charge on any atom is 0.189 e. The molecule has 0 aliphatic carbocycles. The Morgan fingerprint density at radius 2 is 1.50 bits per heavy atom. The standard InChI is InChI=1S/CHCl2N/c2-1(3)4/h4H. The van der Waals surface area contributed by atoms with Gasteiger partial charge in [0.1, 0.15) is 0 Å². The molecule has 0 aromatic heterocycles. The van der Waals surface area contributed by atoms with Crippen LogP contribution in [0.15, 0.2) is 0 Å². The van der Waals surface area contributed by atoms with E-state index in [4.69, 9.17) is 5.41 Å². The van der Waals surface area contributed by atoms with Gasteiger partial charge >= 0.3 is 0 Å². The molecule has 0 saturated carbocycles. The third kappa shape index (κ3) is 56.3. The summed E-state index contributed by atoms with van der Waals surface area (Å²) < 4.78 is -0.389. The largest absolute Gasteiger partial charge is 0.279 e. The van der Waals surface area contributed by atoms with Crippen LogP contribution in [0.1, 0.15) is 0 Å². The molecule has 1 N–H and O–H groups in total. The van der Waals surface area contributed by atoms with E-state index in [0.29, 0.717) is 0 Å². The van der Waals surface area contributed by atoms with Crippen molar-refractivity contribution in [3.8, 4) is 0 Å². The SMILES string of the molecule is N=C(Cl)Cl. The molecule has 4 heavy (non-hydrogen) atoms. The van der Waals surface area contributed by atoms with Crippen molar-refractivity contribution in [1.82, 2.24) is 0 Å². The second kappa shape index (κ2) is 1.56. The van der Waals surface area contributed by atoms with Gasteiger partial charge in [-0.2, -0.15) is 0 Å². The first-order chi connectivity index (χ1) is 1.73. The molecule has 0 aliphatic heterocycles. The number of halogens is 2. The van der Waals surface area contributed by atoms with E-state index in [9.17, 15) is 0 Å². The number of rotatable bonds is 0. The van der Waals surface area contributed by atoms with E-state index < -0.39 is 0 Å². The second-order valence-corrected chi connectivity index (χ2v) is 1.21. The van der Waals surface area contributed by atoms with E-state index in [1.54, 1.807) is 0 Å². The van der Waals surface area contributed by atoms with Crippen LogP contribution >= 0.6 is 23.2 Å².